The molecule has 0 saturated heterocycles. The first-order valence-electron chi connectivity index (χ1n) is 7.50. The highest BCUT2D eigenvalue weighted by Crippen LogP contribution is 2.20. The van der Waals surface area contributed by atoms with Gasteiger partial charge in [-0.05, 0) is 31.5 Å². The molecule has 0 saturated carbocycles. The number of nitrogens with zero attached hydrogens (tertiary/aromatic N) is 2. The molecular formula is C17H23N3O. The molecule has 4 heteroatoms. The lowest BCUT2D eigenvalue weighted by molar-refractivity contribution is 0.0978. The Hall–Kier alpha value is -2.23. The summed E-state index contributed by atoms with van der Waals surface area (Å²) >= 11 is 0. The van der Waals surface area contributed by atoms with Crippen LogP contribution in [0.2, 0.25) is 0 Å². The van der Waals surface area contributed by atoms with E-state index in [9.17, 15) is 4.79 Å². The van der Waals surface area contributed by atoms with Gasteiger partial charge >= 0.3 is 0 Å². The number of anilines is 2. The second-order valence-electron chi connectivity index (χ2n) is 5.09. The fourth-order valence-corrected chi connectivity index (χ4v) is 2.38. The molecule has 2 aromatic rings. The number of hydrogen-bond acceptors (Lipinski definition) is 2. The lowest BCUT2D eigenvalue weighted by Gasteiger charge is -2.23. The largest absolute Gasteiger partial charge is 0.397 e. The van der Waals surface area contributed by atoms with Crippen molar-refractivity contribution in [1.29, 1.82) is 0 Å². The standard InChI is InChI=1S/C17H23N3O/c1-3-5-11-20(15-9-7-6-8-10-15)17(21)16-12-14(18)13-19(16)4-2/h6-10,12-13H,3-5,11,18H2,1-2H3. The first kappa shape index (κ1) is 15.2. The van der Waals surface area contributed by atoms with E-state index in [2.05, 4.69) is 6.92 Å². The zero-order valence-corrected chi connectivity index (χ0v) is 12.7. The Balaban J connectivity index is 2.34. The van der Waals surface area contributed by atoms with E-state index in [0.29, 0.717) is 17.9 Å². The van der Waals surface area contributed by atoms with E-state index in [4.69, 9.17) is 5.73 Å². The first-order valence-corrected chi connectivity index (χ1v) is 7.50. The third-order valence-corrected chi connectivity index (χ3v) is 3.53. The summed E-state index contributed by atoms with van der Waals surface area (Å²) in [7, 11) is 0. The minimum atomic E-state index is 0.00759. The van der Waals surface area contributed by atoms with Gasteiger partial charge in [-0.15, -0.1) is 0 Å². The number of rotatable bonds is 6. The van der Waals surface area contributed by atoms with Crippen molar-refractivity contribution in [3.8, 4) is 0 Å². The molecule has 0 bridgehead atoms. The van der Waals surface area contributed by atoms with Gasteiger partial charge in [0, 0.05) is 25.0 Å². The maximum Gasteiger partial charge on any atom is 0.274 e. The van der Waals surface area contributed by atoms with Gasteiger partial charge in [0.15, 0.2) is 0 Å². The molecule has 1 aromatic heterocycles. The highest BCUT2D eigenvalue weighted by atomic mass is 16.2. The number of para-hydroxylation sites is 1. The van der Waals surface area contributed by atoms with Crippen molar-refractivity contribution in [1.82, 2.24) is 4.57 Å². The van der Waals surface area contributed by atoms with Gasteiger partial charge in [-0.1, -0.05) is 31.5 Å². The van der Waals surface area contributed by atoms with Gasteiger partial charge in [0.1, 0.15) is 5.69 Å². The summed E-state index contributed by atoms with van der Waals surface area (Å²) in [4.78, 5) is 14.7. The molecule has 1 heterocycles. The smallest absolute Gasteiger partial charge is 0.274 e. The van der Waals surface area contributed by atoms with Gasteiger partial charge in [-0.3, -0.25) is 4.79 Å². The van der Waals surface area contributed by atoms with Crippen LogP contribution in [0.25, 0.3) is 0 Å². The van der Waals surface area contributed by atoms with Crippen LogP contribution in [0, 0.1) is 0 Å². The maximum atomic E-state index is 12.9. The predicted molar refractivity (Wildman–Crippen MR) is 87.5 cm³/mol. The average Bonchev–Trinajstić information content (AvgIpc) is 2.89. The molecule has 0 unspecified atom stereocenters. The van der Waals surface area contributed by atoms with Crippen LogP contribution in [0.4, 0.5) is 11.4 Å². The van der Waals surface area contributed by atoms with E-state index in [1.54, 1.807) is 6.07 Å². The molecule has 0 atom stereocenters. The number of nitrogen functional groups attached to an aromatic ring is 1. The second-order valence-corrected chi connectivity index (χ2v) is 5.09. The Morgan fingerprint density at radius 3 is 2.57 bits per heavy atom. The zero-order chi connectivity index (χ0) is 15.2. The van der Waals surface area contributed by atoms with Gasteiger partial charge in [-0.2, -0.15) is 0 Å². The van der Waals surface area contributed by atoms with Crippen molar-refractivity contribution in [2.75, 3.05) is 17.2 Å². The van der Waals surface area contributed by atoms with E-state index in [-0.39, 0.29) is 5.91 Å². The Bertz CT molecular complexity index is 589. The van der Waals surface area contributed by atoms with Crippen LogP contribution in [0.3, 0.4) is 0 Å². The third-order valence-electron chi connectivity index (χ3n) is 3.53. The normalized spacial score (nSPS) is 10.6. The molecule has 0 spiro atoms. The fraction of sp³-hybridized carbons (Fsp3) is 0.353. The van der Waals surface area contributed by atoms with Crippen molar-refractivity contribution in [2.24, 2.45) is 0 Å². The van der Waals surface area contributed by atoms with Gasteiger partial charge in [-0.25, -0.2) is 0 Å². The molecular weight excluding hydrogens is 262 g/mol. The number of nitrogens with two attached hydrogens (primary N) is 1. The molecule has 21 heavy (non-hydrogen) atoms. The number of aromatic nitrogens is 1. The quantitative estimate of drug-likeness (QED) is 0.882. The highest BCUT2D eigenvalue weighted by molar-refractivity contribution is 6.05. The van der Waals surface area contributed by atoms with Crippen LogP contribution in [0.15, 0.2) is 42.6 Å². The van der Waals surface area contributed by atoms with Crippen LogP contribution in [0.5, 0.6) is 0 Å². The lowest BCUT2D eigenvalue weighted by atomic mass is 10.2. The van der Waals surface area contributed by atoms with E-state index >= 15 is 0 Å². The average molecular weight is 285 g/mol. The minimum Gasteiger partial charge on any atom is -0.397 e. The van der Waals surface area contributed by atoms with Crippen molar-refractivity contribution in [3.05, 3.63) is 48.3 Å². The number of carbonyl (C=O) groups excluding carboxylic acids is 1. The molecule has 0 aliphatic carbocycles. The van der Waals surface area contributed by atoms with Crippen LogP contribution >= 0.6 is 0 Å². The Labute approximate surface area is 126 Å². The van der Waals surface area contributed by atoms with Crippen molar-refractivity contribution >= 4 is 17.3 Å². The SMILES string of the molecule is CCCCN(C(=O)c1cc(N)cn1CC)c1ccccc1. The molecule has 1 aromatic carbocycles. The maximum absolute atomic E-state index is 12.9. The predicted octanol–water partition coefficient (Wildman–Crippen LogP) is 3.54. The van der Waals surface area contributed by atoms with Gasteiger partial charge in [0.05, 0.1) is 5.69 Å². The van der Waals surface area contributed by atoms with E-state index in [0.717, 1.165) is 25.1 Å². The van der Waals surface area contributed by atoms with Crippen molar-refractivity contribution in [2.45, 2.75) is 33.2 Å². The molecule has 0 fully saturated rings. The molecule has 0 aliphatic heterocycles. The van der Waals surface area contributed by atoms with Gasteiger partial charge in [0.2, 0.25) is 0 Å². The molecule has 0 radical (unpaired) electrons. The second kappa shape index (κ2) is 6.97. The first-order chi connectivity index (χ1) is 10.2. The van der Waals surface area contributed by atoms with E-state index < -0.39 is 0 Å². The molecule has 112 valence electrons. The Kier molecular flexibility index (Phi) is 5.04. The summed E-state index contributed by atoms with van der Waals surface area (Å²) in [5, 5.41) is 0. The fourth-order valence-electron chi connectivity index (χ4n) is 2.38. The topological polar surface area (TPSA) is 51.3 Å². The van der Waals surface area contributed by atoms with Crippen molar-refractivity contribution < 1.29 is 4.79 Å². The van der Waals surface area contributed by atoms with E-state index in [1.165, 1.54) is 0 Å². The number of amides is 1. The summed E-state index contributed by atoms with van der Waals surface area (Å²) in [6.07, 6.45) is 3.84. The summed E-state index contributed by atoms with van der Waals surface area (Å²) in [5.74, 6) is 0.00759. The number of unbranched alkanes of at least 4 members (excludes halogenated alkanes) is 1. The molecule has 2 N–H and O–H groups in total. The van der Waals surface area contributed by atoms with Crippen LogP contribution < -0.4 is 10.6 Å². The molecule has 4 nitrogen and oxygen atoms in total. The molecule has 2 rings (SSSR count). The summed E-state index contributed by atoms with van der Waals surface area (Å²) in [6, 6.07) is 11.6. The van der Waals surface area contributed by atoms with E-state index in [1.807, 2.05) is 52.9 Å². The number of aryl methyl sites for hydroxylation is 1. The third kappa shape index (κ3) is 3.45. The molecule has 0 aliphatic rings. The number of carbonyl (C=O) groups is 1. The number of benzene rings is 1. The number of hydrogen-bond donors (Lipinski definition) is 1. The minimum absolute atomic E-state index is 0.00759. The monoisotopic (exact) mass is 285 g/mol. The van der Waals surface area contributed by atoms with Crippen LogP contribution in [0.1, 0.15) is 37.2 Å². The summed E-state index contributed by atoms with van der Waals surface area (Å²) in [5.41, 5.74) is 8.05. The zero-order valence-electron chi connectivity index (χ0n) is 12.7. The highest BCUT2D eigenvalue weighted by Gasteiger charge is 2.20. The van der Waals surface area contributed by atoms with Gasteiger partial charge in [0.25, 0.3) is 5.91 Å². The summed E-state index contributed by atoms with van der Waals surface area (Å²) in [6.45, 7) is 5.58. The molecule has 1 amide bonds. The van der Waals surface area contributed by atoms with Crippen molar-refractivity contribution in [3.63, 3.8) is 0 Å². The van der Waals surface area contributed by atoms with Gasteiger partial charge < -0.3 is 15.2 Å². The lowest BCUT2D eigenvalue weighted by Crippen LogP contribution is -2.33. The Morgan fingerprint density at radius 1 is 1.24 bits per heavy atom. The Morgan fingerprint density at radius 2 is 1.95 bits per heavy atom. The van der Waals surface area contributed by atoms with Crippen LogP contribution in [-0.2, 0) is 6.54 Å². The van der Waals surface area contributed by atoms with Crippen LogP contribution in [-0.4, -0.2) is 17.0 Å². The summed E-state index contributed by atoms with van der Waals surface area (Å²) < 4.78 is 1.90.